The number of nitrogens with one attached hydrogen (secondary N) is 1. The van der Waals surface area contributed by atoms with E-state index in [-0.39, 0.29) is 11.3 Å². The molecule has 6 nitrogen and oxygen atoms in total. The molecule has 1 aliphatic rings. The number of benzene rings is 1. The number of hydrogen-bond acceptors (Lipinski definition) is 5. The molecule has 30 heavy (non-hydrogen) atoms. The zero-order valence-corrected chi connectivity index (χ0v) is 17.4. The molecule has 1 aliphatic heterocycles. The van der Waals surface area contributed by atoms with Crippen molar-refractivity contribution < 1.29 is 14.3 Å². The third-order valence-corrected chi connectivity index (χ3v) is 4.96. The SMILES string of the molecule is CC(C)(C)c1ccccc1Oc1ncccc1NC(=O)c1ccc2c(n1)CCOC2. The van der Waals surface area contributed by atoms with E-state index >= 15 is 0 Å². The number of para-hydroxylation sites is 1. The molecule has 0 bridgehead atoms. The molecule has 0 atom stereocenters. The molecule has 4 rings (SSSR count). The molecule has 3 heterocycles. The van der Waals surface area contributed by atoms with Gasteiger partial charge in [0.25, 0.3) is 5.91 Å². The van der Waals surface area contributed by atoms with Crippen molar-refractivity contribution in [3.05, 3.63) is 77.2 Å². The van der Waals surface area contributed by atoms with Crippen LogP contribution in [0.3, 0.4) is 0 Å². The normalized spacial score (nSPS) is 13.4. The van der Waals surface area contributed by atoms with Crippen LogP contribution in [0, 0.1) is 0 Å². The predicted molar refractivity (Wildman–Crippen MR) is 115 cm³/mol. The van der Waals surface area contributed by atoms with E-state index in [4.69, 9.17) is 9.47 Å². The number of ether oxygens (including phenoxy) is 2. The quantitative estimate of drug-likeness (QED) is 0.671. The van der Waals surface area contributed by atoms with Crippen LogP contribution in [0.4, 0.5) is 5.69 Å². The average molecular weight is 403 g/mol. The van der Waals surface area contributed by atoms with Crippen molar-refractivity contribution in [3.8, 4) is 11.6 Å². The Kier molecular flexibility index (Phi) is 5.50. The molecule has 154 valence electrons. The minimum atomic E-state index is -0.300. The first-order chi connectivity index (χ1) is 14.4. The third-order valence-electron chi connectivity index (χ3n) is 4.96. The standard InChI is InChI=1S/C24H25N3O3/c1-24(2,3)17-7-4-5-9-21(17)30-23-20(8-6-13-25-23)27-22(28)19-11-10-16-15-29-14-12-18(16)26-19/h4-11,13H,12,14-15H2,1-3H3,(H,27,28). The number of pyridine rings is 2. The molecule has 1 N–H and O–H groups in total. The minimum Gasteiger partial charge on any atom is -0.437 e. The monoisotopic (exact) mass is 403 g/mol. The number of amides is 1. The first kappa shape index (κ1) is 20.0. The summed E-state index contributed by atoms with van der Waals surface area (Å²) in [5, 5.41) is 2.89. The molecule has 6 heteroatoms. The van der Waals surface area contributed by atoms with Gasteiger partial charge in [-0.15, -0.1) is 0 Å². The van der Waals surface area contributed by atoms with Gasteiger partial charge in [0.1, 0.15) is 17.1 Å². The molecule has 0 radical (unpaired) electrons. The van der Waals surface area contributed by atoms with E-state index in [1.54, 1.807) is 24.4 Å². The van der Waals surface area contributed by atoms with Crippen LogP contribution in [0.5, 0.6) is 11.6 Å². The van der Waals surface area contributed by atoms with Gasteiger partial charge in [-0.05, 0) is 35.2 Å². The highest BCUT2D eigenvalue weighted by atomic mass is 16.5. The molecule has 0 saturated carbocycles. The molecule has 0 spiro atoms. The summed E-state index contributed by atoms with van der Waals surface area (Å²) in [6.45, 7) is 7.55. The third kappa shape index (κ3) is 4.33. The van der Waals surface area contributed by atoms with E-state index in [2.05, 4.69) is 36.1 Å². The second-order valence-electron chi connectivity index (χ2n) is 8.26. The number of fused-ring (bicyclic) bond motifs is 1. The zero-order chi connectivity index (χ0) is 21.1. The highest BCUT2D eigenvalue weighted by Gasteiger charge is 2.21. The first-order valence-corrected chi connectivity index (χ1v) is 10.0. The highest BCUT2D eigenvalue weighted by Crippen LogP contribution is 2.35. The van der Waals surface area contributed by atoms with E-state index in [1.165, 1.54) is 0 Å². The Labute approximate surface area is 176 Å². The maximum Gasteiger partial charge on any atom is 0.274 e. The maximum atomic E-state index is 12.8. The lowest BCUT2D eigenvalue weighted by atomic mass is 9.86. The molecule has 1 aromatic carbocycles. The summed E-state index contributed by atoms with van der Waals surface area (Å²) >= 11 is 0. The summed E-state index contributed by atoms with van der Waals surface area (Å²) in [7, 11) is 0. The van der Waals surface area contributed by atoms with Crippen molar-refractivity contribution in [3.63, 3.8) is 0 Å². The molecule has 0 unspecified atom stereocenters. The molecule has 0 saturated heterocycles. The largest absolute Gasteiger partial charge is 0.437 e. The lowest BCUT2D eigenvalue weighted by Gasteiger charge is -2.22. The van der Waals surface area contributed by atoms with Crippen LogP contribution in [0.1, 0.15) is 48.1 Å². The van der Waals surface area contributed by atoms with Crippen LogP contribution in [0.25, 0.3) is 0 Å². The number of rotatable bonds is 4. The van der Waals surface area contributed by atoms with E-state index in [9.17, 15) is 4.79 Å². The Hall–Kier alpha value is -3.25. The number of anilines is 1. The Morgan fingerprint density at radius 2 is 1.93 bits per heavy atom. The summed E-state index contributed by atoms with van der Waals surface area (Å²) in [6.07, 6.45) is 2.35. The van der Waals surface area contributed by atoms with Crippen LogP contribution < -0.4 is 10.1 Å². The van der Waals surface area contributed by atoms with Gasteiger partial charge >= 0.3 is 0 Å². The Bertz CT molecular complexity index is 1070. The van der Waals surface area contributed by atoms with E-state index < -0.39 is 0 Å². The number of hydrogen-bond donors (Lipinski definition) is 1. The fourth-order valence-corrected chi connectivity index (χ4v) is 3.39. The lowest BCUT2D eigenvalue weighted by molar-refractivity contribution is 0.101. The smallest absolute Gasteiger partial charge is 0.274 e. The van der Waals surface area contributed by atoms with Gasteiger partial charge in [0.2, 0.25) is 5.88 Å². The van der Waals surface area contributed by atoms with Crippen LogP contribution >= 0.6 is 0 Å². The van der Waals surface area contributed by atoms with E-state index in [0.29, 0.717) is 42.6 Å². The molecule has 1 amide bonds. The highest BCUT2D eigenvalue weighted by molar-refractivity contribution is 6.03. The first-order valence-electron chi connectivity index (χ1n) is 10.0. The summed E-state index contributed by atoms with van der Waals surface area (Å²) in [6, 6.07) is 15.0. The maximum absolute atomic E-state index is 12.8. The van der Waals surface area contributed by atoms with Crippen LogP contribution in [0.15, 0.2) is 54.7 Å². The van der Waals surface area contributed by atoms with Crippen molar-refractivity contribution in [2.45, 2.75) is 39.2 Å². The van der Waals surface area contributed by atoms with Crippen molar-refractivity contribution >= 4 is 11.6 Å². The van der Waals surface area contributed by atoms with Gasteiger partial charge in [-0.2, -0.15) is 0 Å². The molecule has 0 aliphatic carbocycles. The number of carbonyl (C=O) groups is 1. The number of nitrogens with zero attached hydrogens (tertiary/aromatic N) is 2. The number of carbonyl (C=O) groups excluding carboxylic acids is 1. The number of aromatic nitrogens is 2. The molecule has 2 aromatic heterocycles. The van der Waals surface area contributed by atoms with Gasteiger partial charge in [0, 0.05) is 23.9 Å². The van der Waals surface area contributed by atoms with E-state index in [0.717, 1.165) is 16.8 Å². The predicted octanol–water partition coefficient (Wildman–Crippen LogP) is 4.89. The van der Waals surface area contributed by atoms with E-state index in [1.807, 2.05) is 30.3 Å². The second-order valence-corrected chi connectivity index (χ2v) is 8.26. The Balaban J connectivity index is 1.58. The fraction of sp³-hybridized carbons (Fsp3) is 0.292. The average Bonchev–Trinajstić information content (AvgIpc) is 2.74. The molecular weight excluding hydrogens is 378 g/mol. The van der Waals surface area contributed by atoms with Crippen LogP contribution in [-0.2, 0) is 23.2 Å². The summed E-state index contributed by atoms with van der Waals surface area (Å²) < 4.78 is 11.6. The second kappa shape index (κ2) is 8.24. The van der Waals surface area contributed by atoms with Crippen molar-refractivity contribution in [1.82, 2.24) is 9.97 Å². The zero-order valence-electron chi connectivity index (χ0n) is 17.4. The van der Waals surface area contributed by atoms with Crippen molar-refractivity contribution in [2.24, 2.45) is 0 Å². The lowest BCUT2D eigenvalue weighted by Crippen LogP contribution is -2.18. The summed E-state index contributed by atoms with van der Waals surface area (Å²) in [5.41, 5.74) is 3.77. The van der Waals surface area contributed by atoms with Gasteiger partial charge in [-0.1, -0.05) is 45.0 Å². The van der Waals surface area contributed by atoms with Crippen molar-refractivity contribution in [1.29, 1.82) is 0 Å². The van der Waals surface area contributed by atoms with Crippen LogP contribution in [-0.4, -0.2) is 22.5 Å². The van der Waals surface area contributed by atoms with Crippen LogP contribution in [0.2, 0.25) is 0 Å². The van der Waals surface area contributed by atoms with Gasteiger partial charge in [0.15, 0.2) is 0 Å². The van der Waals surface area contributed by atoms with Gasteiger partial charge < -0.3 is 14.8 Å². The summed E-state index contributed by atoms with van der Waals surface area (Å²) in [5.74, 6) is 0.756. The topological polar surface area (TPSA) is 73.3 Å². The molecular formula is C24H25N3O3. The Morgan fingerprint density at radius 1 is 1.10 bits per heavy atom. The molecule has 0 fully saturated rings. The Morgan fingerprint density at radius 3 is 2.77 bits per heavy atom. The van der Waals surface area contributed by atoms with Gasteiger partial charge in [-0.25, -0.2) is 9.97 Å². The summed E-state index contributed by atoms with van der Waals surface area (Å²) in [4.78, 5) is 21.7. The fourth-order valence-electron chi connectivity index (χ4n) is 3.39. The minimum absolute atomic E-state index is 0.0917. The van der Waals surface area contributed by atoms with Gasteiger partial charge in [-0.3, -0.25) is 4.79 Å². The van der Waals surface area contributed by atoms with Crippen molar-refractivity contribution in [2.75, 3.05) is 11.9 Å². The van der Waals surface area contributed by atoms with Gasteiger partial charge in [0.05, 0.1) is 13.2 Å². The molecule has 3 aromatic rings.